The minimum Gasteiger partial charge on any atom is -0.403 e. The quantitative estimate of drug-likeness (QED) is 0.671. The molecular formula is C8H14F2N2. The van der Waals surface area contributed by atoms with Crippen molar-refractivity contribution in [3.63, 3.8) is 0 Å². The van der Waals surface area contributed by atoms with Crippen LogP contribution < -0.4 is 11.5 Å². The third-order valence-corrected chi connectivity index (χ3v) is 2.66. The van der Waals surface area contributed by atoms with E-state index in [2.05, 4.69) is 0 Å². The van der Waals surface area contributed by atoms with Gasteiger partial charge in [0.2, 0.25) is 5.92 Å². The van der Waals surface area contributed by atoms with Gasteiger partial charge in [-0.15, -0.1) is 0 Å². The van der Waals surface area contributed by atoms with Crippen LogP contribution in [0.4, 0.5) is 8.78 Å². The van der Waals surface area contributed by atoms with E-state index < -0.39 is 11.3 Å². The van der Waals surface area contributed by atoms with Crippen molar-refractivity contribution in [3.05, 3.63) is 11.9 Å². The Morgan fingerprint density at radius 1 is 1.50 bits per heavy atom. The normalized spacial score (nSPS) is 26.4. The highest BCUT2D eigenvalue weighted by atomic mass is 19.3. The van der Waals surface area contributed by atoms with Crippen LogP contribution in [0.25, 0.3) is 0 Å². The lowest BCUT2D eigenvalue weighted by molar-refractivity contribution is -0.147. The highest BCUT2D eigenvalue weighted by Crippen LogP contribution is 2.56. The summed E-state index contributed by atoms with van der Waals surface area (Å²) in [6.07, 6.45) is 1.55. The summed E-state index contributed by atoms with van der Waals surface area (Å²) >= 11 is 0. The van der Waals surface area contributed by atoms with E-state index in [9.17, 15) is 8.78 Å². The molecule has 0 unspecified atom stereocenters. The van der Waals surface area contributed by atoms with Crippen molar-refractivity contribution in [2.45, 2.75) is 32.1 Å². The molecule has 1 aliphatic rings. The second-order valence-corrected chi connectivity index (χ2v) is 3.47. The first-order chi connectivity index (χ1) is 5.46. The highest BCUT2D eigenvalue weighted by Gasteiger charge is 2.56. The standard InChI is InChI=1S/C8H14F2N2/c1-2-7(6(12)3-11)4-8(9,10)5-7/h3H,2,4-5,11-12H2,1H3/b6-3-. The molecule has 0 saturated heterocycles. The zero-order chi connectivity index (χ0) is 9.41. The predicted molar refractivity (Wildman–Crippen MR) is 43.4 cm³/mol. The van der Waals surface area contributed by atoms with E-state index in [1.807, 2.05) is 6.92 Å². The van der Waals surface area contributed by atoms with Crippen LogP contribution in [0.2, 0.25) is 0 Å². The second kappa shape index (κ2) is 2.61. The summed E-state index contributed by atoms with van der Waals surface area (Å²) in [5.74, 6) is -2.54. The smallest absolute Gasteiger partial charge is 0.250 e. The van der Waals surface area contributed by atoms with Crippen LogP contribution in [-0.4, -0.2) is 5.92 Å². The van der Waals surface area contributed by atoms with Crippen LogP contribution in [0.1, 0.15) is 26.2 Å². The molecule has 0 bridgehead atoms. The van der Waals surface area contributed by atoms with E-state index in [1.165, 1.54) is 6.20 Å². The molecule has 0 aliphatic heterocycles. The zero-order valence-electron chi connectivity index (χ0n) is 7.11. The molecule has 0 amide bonds. The van der Waals surface area contributed by atoms with Crippen molar-refractivity contribution >= 4 is 0 Å². The third kappa shape index (κ3) is 1.26. The molecule has 0 heterocycles. The summed E-state index contributed by atoms with van der Waals surface area (Å²) < 4.78 is 25.2. The van der Waals surface area contributed by atoms with Gasteiger partial charge in [0.1, 0.15) is 0 Å². The maximum atomic E-state index is 12.6. The topological polar surface area (TPSA) is 52.0 Å². The van der Waals surface area contributed by atoms with E-state index in [1.54, 1.807) is 0 Å². The Bertz CT molecular complexity index is 203. The van der Waals surface area contributed by atoms with E-state index >= 15 is 0 Å². The third-order valence-electron chi connectivity index (χ3n) is 2.66. The number of hydrogen-bond acceptors (Lipinski definition) is 2. The number of allylic oxidation sites excluding steroid dienone is 1. The summed E-state index contributed by atoms with van der Waals surface area (Å²) in [7, 11) is 0. The molecule has 0 aromatic carbocycles. The Morgan fingerprint density at radius 3 is 2.25 bits per heavy atom. The van der Waals surface area contributed by atoms with Crippen LogP contribution >= 0.6 is 0 Å². The average molecular weight is 176 g/mol. The molecule has 1 rings (SSSR count). The second-order valence-electron chi connectivity index (χ2n) is 3.47. The maximum Gasteiger partial charge on any atom is 0.250 e. The van der Waals surface area contributed by atoms with Crippen molar-refractivity contribution in [1.82, 2.24) is 0 Å². The minimum absolute atomic E-state index is 0.157. The van der Waals surface area contributed by atoms with Crippen LogP contribution in [-0.2, 0) is 0 Å². The van der Waals surface area contributed by atoms with Gasteiger partial charge in [0.05, 0.1) is 0 Å². The molecule has 4 heteroatoms. The van der Waals surface area contributed by atoms with Gasteiger partial charge in [0.25, 0.3) is 0 Å². The molecule has 0 spiro atoms. The molecule has 0 aromatic rings. The van der Waals surface area contributed by atoms with Gasteiger partial charge >= 0.3 is 0 Å². The molecule has 2 nitrogen and oxygen atoms in total. The van der Waals surface area contributed by atoms with E-state index in [0.29, 0.717) is 12.1 Å². The van der Waals surface area contributed by atoms with Crippen LogP contribution in [0.5, 0.6) is 0 Å². The lowest BCUT2D eigenvalue weighted by atomic mass is 9.62. The molecule has 1 saturated carbocycles. The monoisotopic (exact) mass is 176 g/mol. The molecule has 0 aromatic heterocycles. The summed E-state index contributed by atoms with van der Waals surface area (Å²) in [6, 6.07) is 0. The van der Waals surface area contributed by atoms with Crippen molar-refractivity contribution < 1.29 is 8.78 Å². The number of halogens is 2. The zero-order valence-corrected chi connectivity index (χ0v) is 7.11. The summed E-state index contributed by atoms with van der Waals surface area (Å²) in [5, 5.41) is 0. The molecule has 0 radical (unpaired) electrons. The Morgan fingerprint density at radius 2 is 2.00 bits per heavy atom. The maximum absolute atomic E-state index is 12.6. The van der Waals surface area contributed by atoms with Gasteiger partial charge < -0.3 is 11.5 Å². The van der Waals surface area contributed by atoms with Gasteiger partial charge in [-0.05, 0) is 6.42 Å². The van der Waals surface area contributed by atoms with Crippen LogP contribution in [0.3, 0.4) is 0 Å². The number of hydrogen-bond donors (Lipinski definition) is 2. The Kier molecular flexibility index (Phi) is 2.02. The number of alkyl halides is 2. The van der Waals surface area contributed by atoms with Crippen molar-refractivity contribution in [1.29, 1.82) is 0 Å². The minimum atomic E-state index is -2.54. The fraction of sp³-hybridized carbons (Fsp3) is 0.750. The van der Waals surface area contributed by atoms with Crippen LogP contribution in [0, 0.1) is 5.41 Å². The molecule has 4 N–H and O–H groups in total. The summed E-state index contributed by atoms with van der Waals surface area (Å²) in [4.78, 5) is 0. The molecule has 1 aliphatic carbocycles. The number of nitrogens with two attached hydrogens (primary N) is 2. The predicted octanol–water partition coefficient (Wildman–Crippen LogP) is 1.57. The Hall–Kier alpha value is -0.800. The Balaban J connectivity index is 2.72. The Labute approximate surface area is 70.6 Å². The first-order valence-electron chi connectivity index (χ1n) is 4.01. The van der Waals surface area contributed by atoms with Crippen molar-refractivity contribution in [2.75, 3.05) is 0 Å². The van der Waals surface area contributed by atoms with Gasteiger partial charge in [-0.25, -0.2) is 8.78 Å². The van der Waals surface area contributed by atoms with Crippen molar-refractivity contribution in [2.24, 2.45) is 16.9 Å². The van der Waals surface area contributed by atoms with Gasteiger partial charge in [-0.1, -0.05) is 6.92 Å². The van der Waals surface area contributed by atoms with E-state index in [-0.39, 0.29) is 12.8 Å². The van der Waals surface area contributed by atoms with E-state index in [0.717, 1.165) is 0 Å². The first-order valence-corrected chi connectivity index (χ1v) is 4.01. The molecule has 1 fully saturated rings. The molecule has 0 atom stereocenters. The van der Waals surface area contributed by atoms with Crippen molar-refractivity contribution in [3.8, 4) is 0 Å². The molecular weight excluding hydrogens is 162 g/mol. The fourth-order valence-corrected chi connectivity index (χ4v) is 1.77. The largest absolute Gasteiger partial charge is 0.403 e. The fourth-order valence-electron chi connectivity index (χ4n) is 1.77. The summed E-state index contributed by atoms with van der Waals surface area (Å²) in [5.41, 5.74) is 10.6. The lowest BCUT2D eigenvalue weighted by Gasteiger charge is -2.47. The summed E-state index contributed by atoms with van der Waals surface area (Å²) in [6.45, 7) is 1.85. The van der Waals surface area contributed by atoms with E-state index in [4.69, 9.17) is 11.5 Å². The average Bonchev–Trinajstić information content (AvgIpc) is 1.97. The van der Waals surface area contributed by atoms with Gasteiger partial charge in [0.15, 0.2) is 0 Å². The van der Waals surface area contributed by atoms with Gasteiger partial charge in [-0.2, -0.15) is 0 Å². The molecule has 70 valence electrons. The first kappa shape index (κ1) is 9.29. The van der Waals surface area contributed by atoms with Gasteiger partial charge in [-0.3, -0.25) is 0 Å². The SMILES string of the molecule is CCC1(/C(N)=C/N)CC(F)(F)C1. The molecule has 12 heavy (non-hydrogen) atoms. The highest BCUT2D eigenvalue weighted by molar-refractivity contribution is 5.17. The number of rotatable bonds is 2. The van der Waals surface area contributed by atoms with Gasteiger partial charge in [0, 0.05) is 30.2 Å². The lowest BCUT2D eigenvalue weighted by Crippen LogP contribution is -2.48. The van der Waals surface area contributed by atoms with Crippen LogP contribution in [0.15, 0.2) is 11.9 Å².